The summed E-state index contributed by atoms with van der Waals surface area (Å²) in [6, 6.07) is 18.9. The lowest BCUT2D eigenvalue weighted by molar-refractivity contribution is -0.124. The number of thioether (sulfide) groups is 1. The second-order valence-corrected chi connectivity index (χ2v) is 9.80. The van der Waals surface area contributed by atoms with Gasteiger partial charge in [-0.05, 0) is 42.0 Å². The quantitative estimate of drug-likeness (QED) is 0.0611. The molecule has 39 heavy (non-hydrogen) atoms. The number of rotatable bonds is 11. The molecule has 0 saturated carbocycles. The van der Waals surface area contributed by atoms with Crippen molar-refractivity contribution in [2.45, 2.75) is 17.4 Å². The lowest BCUT2D eigenvalue weighted by Crippen LogP contribution is -2.46. The SMILES string of the molecule is C=N/N=C\N(N)c1ccc(Cl)cc1SCC(=O)N[C@@H](Cc1ccccc1)C(=O)Nc1ccc2c(N)n[nH]c2c1. The van der Waals surface area contributed by atoms with Crippen LogP contribution < -0.4 is 27.2 Å². The van der Waals surface area contributed by atoms with Gasteiger partial charge < -0.3 is 16.4 Å². The van der Waals surface area contributed by atoms with E-state index in [4.69, 9.17) is 23.2 Å². The molecule has 4 rings (SSSR count). The van der Waals surface area contributed by atoms with Gasteiger partial charge in [-0.3, -0.25) is 19.7 Å². The number of hydrogen-bond donors (Lipinski definition) is 5. The molecule has 4 aromatic rings. The van der Waals surface area contributed by atoms with Crippen molar-refractivity contribution < 1.29 is 9.59 Å². The maximum Gasteiger partial charge on any atom is 0.247 e. The zero-order valence-electron chi connectivity index (χ0n) is 20.7. The molecule has 11 nitrogen and oxygen atoms in total. The van der Waals surface area contributed by atoms with Gasteiger partial charge in [-0.2, -0.15) is 10.2 Å². The number of halogens is 1. The molecular formula is C26H26ClN9O2S. The summed E-state index contributed by atoms with van der Waals surface area (Å²) >= 11 is 7.39. The molecule has 0 radical (unpaired) electrons. The second-order valence-electron chi connectivity index (χ2n) is 8.35. The Hall–Kier alpha value is -4.39. The van der Waals surface area contributed by atoms with E-state index in [0.717, 1.165) is 10.9 Å². The number of nitrogen functional groups attached to an aromatic ring is 1. The third-order valence-electron chi connectivity index (χ3n) is 5.61. The molecule has 0 unspecified atom stereocenters. The second kappa shape index (κ2) is 12.9. The Labute approximate surface area is 233 Å². The van der Waals surface area contributed by atoms with E-state index in [1.54, 1.807) is 36.4 Å². The van der Waals surface area contributed by atoms with Crippen LogP contribution in [0.15, 0.2) is 81.8 Å². The van der Waals surface area contributed by atoms with Crippen molar-refractivity contribution >= 4 is 76.3 Å². The number of hydrazine groups is 1. The summed E-state index contributed by atoms with van der Waals surface area (Å²) < 4.78 is 0. The first-order valence-corrected chi connectivity index (χ1v) is 13.0. The maximum absolute atomic E-state index is 13.3. The number of carbonyl (C=O) groups excluding carboxylic acids is 2. The van der Waals surface area contributed by atoms with Gasteiger partial charge in [0, 0.05) is 34.1 Å². The molecule has 0 aliphatic rings. The van der Waals surface area contributed by atoms with Crippen molar-refractivity contribution in [3.05, 3.63) is 77.3 Å². The van der Waals surface area contributed by atoms with Crippen LogP contribution in [0, 0.1) is 0 Å². The fourth-order valence-corrected chi connectivity index (χ4v) is 4.90. The number of aromatic amines is 1. The molecule has 1 heterocycles. The molecule has 7 N–H and O–H groups in total. The molecule has 0 saturated heterocycles. The molecule has 200 valence electrons. The van der Waals surface area contributed by atoms with Gasteiger partial charge in [0.1, 0.15) is 12.4 Å². The Morgan fingerprint density at radius 3 is 2.74 bits per heavy atom. The highest BCUT2D eigenvalue weighted by molar-refractivity contribution is 8.00. The highest BCUT2D eigenvalue weighted by atomic mass is 35.5. The van der Waals surface area contributed by atoms with Crippen molar-refractivity contribution in [3.63, 3.8) is 0 Å². The predicted molar refractivity (Wildman–Crippen MR) is 158 cm³/mol. The van der Waals surface area contributed by atoms with Gasteiger partial charge in [-0.1, -0.05) is 41.9 Å². The van der Waals surface area contributed by atoms with Gasteiger partial charge in [0.25, 0.3) is 0 Å². The van der Waals surface area contributed by atoms with Crippen LogP contribution in [-0.2, 0) is 16.0 Å². The maximum atomic E-state index is 13.3. The van der Waals surface area contributed by atoms with Gasteiger partial charge >= 0.3 is 0 Å². The molecule has 1 atom stereocenters. The predicted octanol–water partition coefficient (Wildman–Crippen LogP) is 3.58. The summed E-state index contributed by atoms with van der Waals surface area (Å²) in [5.74, 6) is 5.70. The summed E-state index contributed by atoms with van der Waals surface area (Å²) in [5, 5.41) is 22.1. The molecule has 0 aliphatic carbocycles. The molecule has 0 bridgehead atoms. The minimum absolute atomic E-state index is 0.00990. The third-order valence-corrected chi connectivity index (χ3v) is 6.89. The van der Waals surface area contributed by atoms with E-state index in [-0.39, 0.29) is 17.6 Å². The summed E-state index contributed by atoms with van der Waals surface area (Å²) in [4.78, 5) is 27.0. The standard InChI is InChI=1S/C26H26ClN9O2S/c1-30-31-15-36(29)22-10-7-17(27)12-23(22)39-14-24(37)33-21(11-16-5-3-2-4-6-16)26(38)32-18-8-9-19-20(13-18)34-35-25(19)28/h2-10,12-13,15,21H,1,11,14,29H2,(H,32,38)(H,33,37)(H3,28,34,35)/b31-15-/t21-/m0/s1. The summed E-state index contributed by atoms with van der Waals surface area (Å²) in [5.41, 5.74) is 8.53. The van der Waals surface area contributed by atoms with E-state index in [9.17, 15) is 9.59 Å². The van der Waals surface area contributed by atoms with E-state index >= 15 is 0 Å². The number of aromatic nitrogens is 2. The molecule has 0 fully saturated rings. The van der Waals surface area contributed by atoms with E-state index in [1.807, 2.05) is 30.3 Å². The first-order chi connectivity index (χ1) is 18.8. The summed E-state index contributed by atoms with van der Waals surface area (Å²) in [6.45, 7) is 3.28. The van der Waals surface area contributed by atoms with Gasteiger partial charge in [0.15, 0.2) is 5.82 Å². The fraction of sp³-hybridized carbons (Fsp3) is 0.115. The Kier molecular flexibility index (Phi) is 9.15. The van der Waals surface area contributed by atoms with Crippen LogP contribution in [0.4, 0.5) is 17.2 Å². The minimum Gasteiger partial charge on any atom is -0.382 e. The molecule has 0 aliphatic heterocycles. The monoisotopic (exact) mass is 563 g/mol. The Morgan fingerprint density at radius 2 is 1.97 bits per heavy atom. The zero-order valence-corrected chi connectivity index (χ0v) is 22.2. The van der Waals surface area contributed by atoms with E-state index in [1.165, 1.54) is 23.1 Å². The first-order valence-electron chi connectivity index (χ1n) is 11.7. The molecule has 3 aromatic carbocycles. The lowest BCUT2D eigenvalue weighted by Gasteiger charge is -2.20. The van der Waals surface area contributed by atoms with Crippen LogP contribution in [0.2, 0.25) is 5.02 Å². The minimum atomic E-state index is -0.835. The number of anilines is 3. The molecule has 1 aromatic heterocycles. The summed E-state index contributed by atoms with van der Waals surface area (Å²) in [7, 11) is 0. The van der Waals surface area contributed by atoms with Crippen LogP contribution >= 0.6 is 23.4 Å². The molecular weight excluding hydrogens is 538 g/mol. The largest absolute Gasteiger partial charge is 0.382 e. The van der Waals surface area contributed by atoms with Gasteiger partial charge in [0.2, 0.25) is 11.8 Å². The van der Waals surface area contributed by atoms with Crippen molar-refractivity contribution in [2.24, 2.45) is 16.0 Å². The van der Waals surface area contributed by atoms with Crippen molar-refractivity contribution in [2.75, 3.05) is 21.8 Å². The highest BCUT2D eigenvalue weighted by Crippen LogP contribution is 2.31. The number of nitrogens with two attached hydrogens (primary N) is 2. The Bertz CT molecular complexity index is 1510. The Morgan fingerprint density at radius 1 is 1.18 bits per heavy atom. The van der Waals surface area contributed by atoms with Gasteiger partial charge in [-0.15, -0.1) is 16.9 Å². The van der Waals surface area contributed by atoms with Crippen LogP contribution in [0.25, 0.3) is 10.9 Å². The number of amides is 2. The topological polar surface area (TPSA) is 167 Å². The number of fused-ring (bicyclic) bond motifs is 1. The number of H-pyrrole nitrogens is 1. The van der Waals surface area contributed by atoms with Crippen LogP contribution in [0.1, 0.15) is 5.56 Å². The first kappa shape index (κ1) is 27.6. The van der Waals surface area contributed by atoms with Crippen LogP contribution in [0.3, 0.4) is 0 Å². The van der Waals surface area contributed by atoms with E-state index < -0.39 is 6.04 Å². The molecule has 2 amide bonds. The lowest BCUT2D eigenvalue weighted by atomic mass is 10.0. The number of nitrogens with zero attached hydrogens (tertiary/aromatic N) is 4. The third kappa shape index (κ3) is 7.35. The van der Waals surface area contributed by atoms with Crippen molar-refractivity contribution in [1.82, 2.24) is 15.5 Å². The van der Waals surface area contributed by atoms with E-state index in [0.29, 0.717) is 39.0 Å². The molecule has 13 heteroatoms. The average molecular weight is 564 g/mol. The summed E-state index contributed by atoms with van der Waals surface area (Å²) in [6.07, 6.45) is 1.59. The highest BCUT2D eigenvalue weighted by Gasteiger charge is 2.22. The number of carbonyl (C=O) groups is 2. The number of nitrogens with one attached hydrogen (secondary N) is 3. The van der Waals surface area contributed by atoms with Crippen molar-refractivity contribution in [3.8, 4) is 0 Å². The number of hydrogen-bond acceptors (Lipinski definition) is 8. The smallest absolute Gasteiger partial charge is 0.247 e. The van der Waals surface area contributed by atoms with Crippen molar-refractivity contribution in [1.29, 1.82) is 0 Å². The van der Waals surface area contributed by atoms with E-state index in [2.05, 4.69) is 37.8 Å². The molecule has 0 spiro atoms. The normalized spacial score (nSPS) is 11.8. The van der Waals surface area contributed by atoms with Crippen LogP contribution in [-0.4, -0.2) is 46.9 Å². The van der Waals surface area contributed by atoms with Gasteiger partial charge in [-0.25, -0.2) is 5.84 Å². The zero-order chi connectivity index (χ0) is 27.8. The fourth-order valence-electron chi connectivity index (χ4n) is 3.76. The average Bonchev–Trinajstić information content (AvgIpc) is 3.30. The Balaban J connectivity index is 1.47. The van der Waals surface area contributed by atoms with Crippen LogP contribution in [0.5, 0.6) is 0 Å². The number of benzene rings is 3. The van der Waals surface area contributed by atoms with Gasteiger partial charge in [0.05, 0.1) is 17.0 Å².